The molecule has 1 fully saturated rings. The smallest absolute Gasteiger partial charge is 0.241 e. The van der Waals surface area contributed by atoms with Crippen molar-refractivity contribution in [2.24, 2.45) is 11.7 Å². The third-order valence-electron chi connectivity index (χ3n) is 3.18. The fourth-order valence-corrected chi connectivity index (χ4v) is 4.03. The third kappa shape index (κ3) is 4.16. The van der Waals surface area contributed by atoms with Gasteiger partial charge in [-0.25, -0.2) is 13.1 Å². The summed E-state index contributed by atoms with van der Waals surface area (Å²) >= 11 is 3.33. The number of sulfonamides is 1. The summed E-state index contributed by atoms with van der Waals surface area (Å²) in [5.41, 5.74) is 6.35. The highest BCUT2D eigenvalue weighted by molar-refractivity contribution is 9.10. The molecule has 1 aromatic carbocycles. The summed E-state index contributed by atoms with van der Waals surface area (Å²) in [5.74, 6) is 0.403. The predicted molar refractivity (Wildman–Crippen MR) is 82.0 cm³/mol. The summed E-state index contributed by atoms with van der Waals surface area (Å²) in [6.07, 6.45) is 2.12. The Labute approximate surface area is 128 Å². The molecule has 1 aromatic rings. The molecule has 0 heterocycles. The molecule has 1 saturated carbocycles. The van der Waals surface area contributed by atoms with Crippen LogP contribution in [0.25, 0.3) is 0 Å². The molecule has 2 rings (SSSR count). The molecule has 1 aliphatic carbocycles. The number of rotatable bonds is 5. The first-order valence-corrected chi connectivity index (χ1v) is 8.20. The largest absolute Gasteiger partial charge is 0.329 e. The molecule has 0 saturated heterocycles. The first-order valence-electron chi connectivity index (χ1n) is 5.92. The quantitative estimate of drug-likeness (QED) is 0.835. The van der Waals surface area contributed by atoms with Crippen LogP contribution in [0.2, 0.25) is 0 Å². The second-order valence-corrected chi connectivity index (χ2v) is 7.31. The first-order chi connectivity index (χ1) is 8.44. The molecule has 0 aliphatic heterocycles. The van der Waals surface area contributed by atoms with Gasteiger partial charge in [0, 0.05) is 17.1 Å². The summed E-state index contributed by atoms with van der Waals surface area (Å²) in [4.78, 5) is 0.324. The molecule has 19 heavy (non-hydrogen) atoms. The van der Waals surface area contributed by atoms with Gasteiger partial charge >= 0.3 is 0 Å². The molecule has 1 atom stereocenters. The van der Waals surface area contributed by atoms with E-state index < -0.39 is 10.0 Å². The van der Waals surface area contributed by atoms with Gasteiger partial charge in [-0.1, -0.05) is 15.9 Å². The van der Waals surface area contributed by atoms with Crippen LogP contribution in [-0.4, -0.2) is 21.0 Å². The van der Waals surface area contributed by atoms with Gasteiger partial charge in [-0.3, -0.25) is 0 Å². The number of hydrogen-bond acceptors (Lipinski definition) is 3. The monoisotopic (exact) mass is 368 g/mol. The Morgan fingerprint density at radius 2 is 2.11 bits per heavy atom. The summed E-state index contributed by atoms with van der Waals surface area (Å²) < 4.78 is 28.2. The van der Waals surface area contributed by atoms with Crippen molar-refractivity contribution in [2.75, 3.05) is 6.54 Å². The number of halogens is 2. The SMILES string of the molecule is Cc1cc(Br)ccc1S(=O)(=O)NC(CN)C1CC1.Cl. The maximum Gasteiger partial charge on any atom is 0.241 e. The zero-order valence-electron chi connectivity index (χ0n) is 10.6. The molecular formula is C12H18BrClN2O2S. The van der Waals surface area contributed by atoms with Gasteiger partial charge in [0.25, 0.3) is 0 Å². The molecule has 0 radical (unpaired) electrons. The van der Waals surface area contributed by atoms with Crippen molar-refractivity contribution in [3.05, 3.63) is 28.2 Å². The van der Waals surface area contributed by atoms with Crippen molar-refractivity contribution in [3.63, 3.8) is 0 Å². The third-order valence-corrected chi connectivity index (χ3v) is 5.32. The van der Waals surface area contributed by atoms with Gasteiger partial charge in [-0.2, -0.15) is 0 Å². The standard InChI is InChI=1S/C12H17BrN2O2S.ClH/c1-8-6-10(13)4-5-12(8)18(16,17)15-11(7-14)9-2-3-9;/h4-6,9,11,15H,2-3,7,14H2,1H3;1H. The number of nitrogens with two attached hydrogens (primary N) is 1. The summed E-state index contributed by atoms with van der Waals surface area (Å²) in [7, 11) is -3.47. The van der Waals surface area contributed by atoms with Crippen LogP contribution in [0.5, 0.6) is 0 Å². The van der Waals surface area contributed by atoms with Crippen LogP contribution in [0, 0.1) is 12.8 Å². The van der Waals surface area contributed by atoms with Crippen LogP contribution < -0.4 is 10.5 Å². The van der Waals surface area contributed by atoms with E-state index in [1.54, 1.807) is 25.1 Å². The van der Waals surface area contributed by atoms with E-state index in [2.05, 4.69) is 20.7 Å². The minimum atomic E-state index is -3.47. The second kappa shape index (κ2) is 6.54. The van der Waals surface area contributed by atoms with Crippen LogP contribution in [0.15, 0.2) is 27.6 Å². The highest BCUT2D eigenvalue weighted by atomic mass is 79.9. The normalized spacial score (nSPS) is 16.8. The summed E-state index contributed by atoms with van der Waals surface area (Å²) in [5, 5.41) is 0. The van der Waals surface area contributed by atoms with Gasteiger partial charge in [0.15, 0.2) is 0 Å². The molecule has 4 nitrogen and oxygen atoms in total. The number of benzene rings is 1. The van der Waals surface area contributed by atoms with E-state index in [1.807, 2.05) is 0 Å². The lowest BCUT2D eigenvalue weighted by atomic mass is 10.2. The van der Waals surface area contributed by atoms with Crippen LogP contribution >= 0.6 is 28.3 Å². The van der Waals surface area contributed by atoms with Crippen LogP contribution in [0.4, 0.5) is 0 Å². The van der Waals surface area contributed by atoms with Crippen molar-refractivity contribution in [2.45, 2.75) is 30.7 Å². The fraction of sp³-hybridized carbons (Fsp3) is 0.500. The van der Waals surface area contributed by atoms with Gasteiger partial charge in [0.1, 0.15) is 0 Å². The second-order valence-electron chi connectivity index (χ2n) is 4.71. The maximum atomic E-state index is 12.3. The van der Waals surface area contributed by atoms with Crippen LogP contribution in [-0.2, 0) is 10.0 Å². The summed E-state index contributed by atoms with van der Waals surface area (Å²) in [6.45, 7) is 2.13. The average Bonchev–Trinajstić information content (AvgIpc) is 3.09. The molecule has 1 unspecified atom stereocenters. The van der Waals surface area contributed by atoms with E-state index in [4.69, 9.17) is 5.73 Å². The molecule has 3 N–H and O–H groups in total. The highest BCUT2D eigenvalue weighted by Crippen LogP contribution is 2.33. The zero-order chi connectivity index (χ0) is 13.3. The van der Waals surface area contributed by atoms with Crippen molar-refractivity contribution in [1.29, 1.82) is 0 Å². The van der Waals surface area contributed by atoms with Crippen molar-refractivity contribution in [3.8, 4) is 0 Å². The van der Waals surface area contributed by atoms with Gasteiger partial charge in [-0.05, 0) is 49.4 Å². The fourth-order valence-electron chi connectivity index (χ4n) is 2.01. The minimum Gasteiger partial charge on any atom is -0.329 e. The van der Waals surface area contributed by atoms with E-state index >= 15 is 0 Å². The lowest BCUT2D eigenvalue weighted by Crippen LogP contribution is -2.41. The van der Waals surface area contributed by atoms with Crippen molar-refractivity contribution >= 4 is 38.4 Å². The van der Waals surface area contributed by atoms with E-state index in [0.717, 1.165) is 22.9 Å². The van der Waals surface area contributed by atoms with Gasteiger partial charge in [0.05, 0.1) is 4.90 Å². The topological polar surface area (TPSA) is 72.2 Å². The Kier molecular flexibility index (Phi) is 5.82. The van der Waals surface area contributed by atoms with E-state index in [9.17, 15) is 8.42 Å². The number of hydrogen-bond donors (Lipinski definition) is 2. The zero-order valence-corrected chi connectivity index (χ0v) is 13.8. The van der Waals surface area contributed by atoms with Crippen molar-refractivity contribution < 1.29 is 8.42 Å². The Balaban J connectivity index is 0.00000180. The lowest BCUT2D eigenvalue weighted by molar-refractivity contribution is 0.519. The molecule has 7 heteroatoms. The Bertz CT molecular complexity index is 547. The molecule has 0 bridgehead atoms. The molecule has 108 valence electrons. The van der Waals surface area contributed by atoms with E-state index in [-0.39, 0.29) is 18.4 Å². The Morgan fingerprint density at radius 1 is 1.47 bits per heavy atom. The maximum absolute atomic E-state index is 12.3. The predicted octanol–water partition coefficient (Wildman–Crippen LogP) is 2.19. The Morgan fingerprint density at radius 3 is 2.58 bits per heavy atom. The summed E-state index contributed by atoms with van der Waals surface area (Å²) in [6, 6.07) is 5.00. The van der Waals surface area contributed by atoms with Crippen molar-refractivity contribution in [1.82, 2.24) is 4.72 Å². The highest BCUT2D eigenvalue weighted by Gasteiger charge is 2.33. The number of nitrogens with one attached hydrogen (secondary N) is 1. The minimum absolute atomic E-state index is 0. The molecule has 1 aliphatic rings. The lowest BCUT2D eigenvalue weighted by Gasteiger charge is -2.17. The first kappa shape index (κ1) is 16.9. The molecule has 0 amide bonds. The average molecular weight is 370 g/mol. The molecular weight excluding hydrogens is 352 g/mol. The number of aryl methyl sites for hydroxylation is 1. The van der Waals surface area contributed by atoms with Gasteiger partial charge in [0.2, 0.25) is 10.0 Å². The van der Waals surface area contributed by atoms with Crippen LogP contribution in [0.1, 0.15) is 18.4 Å². The molecule has 0 aromatic heterocycles. The van der Waals surface area contributed by atoms with E-state index in [1.165, 1.54) is 0 Å². The van der Waals surface area contributed by atoms with Gasteiger partial charge in [-0.15, -0.1) is 12.4 Å². The Hall–Kier alpha value is -0.140. The molecule has 0 spiro atoms. The van der Waals surface area contributed by atoms with Crippen LogP contribution in [0.3, 0.4) is 0 Å². The van der Waals surface area contributed by atoms with E-state index in [0.29, 0.717) is 17.4 Å². The van der Waals surface area contributed by atoms with Gasteiger partial charge < -0.3 is 5.73 Å².